The van der Waals surface area contributed by atoms with E-state index < -0.39 is 17.6 Å². The normalized spacial score (nSPS) is 21.3. The zero-order valence-electron chi connectivity index (χ0n) is 14.8. The molecule has 1 aromatic carbocycles. The van der Waals surface area contributed by atoms with Gasteiger partial charge in [-0.3, -0.25) is 0 Å². The van der Waals surface area contributed by atoms with E-state index in [2.05, 4.69) is 9.98 Å². The summed E-state index contributed by atoms with van der Waals surface area (Å²) in [5, 5.41) is 0. The van der Waals surface area contributed by atoms with Crippen LogP contribution < -0.4 is 11.5 Å². The quantitative estimate of drug-likeness (QED) is 0.396. The van der Waals surface area contributed by atoms with E-state index in [1.165, 1.54) is 0 Å². The molecule has 2 unspecified atom stereocenters. The molecule has 0 aliphatic carbocycles. The van der Waals surface area contributed by atoms with Crippen LogP contribution in [0.2, 0.25) is 0 Å². The van der Waals surface area contributed by atoms with Gasteiger partial charge < -0.3 is 16.4 Å². The fraction of sp³-hybridized carbons (Fsp3) is 0.500. The lowest BCUT2D eigenvalue weighted by Crippen LogP contribution is -2.51. The number of nitrogens with two attached hydrogens (primary N) is 2. The van der Waals surface area contributed by atoms with E-state index in [9.17, 15) is 17.6 Å². The Morgan fingerprint density at radius 3 is 2.19 bits per heavy atom. The van der Waals surface area contributed by atoms with Gasteiger partial charge in [0.05, 0.1) is 11.3 Å². The first-order chi connectivity index (χ1) is 11.6. The minimum Gasteiger partial charge on any atom is -0.369 e. The van der Waals surface area contributed by atoms with Crippen molar-refractivity contribution in [3.8, 4) is 0 Å². The lowest BCUT2D eigenvalue weighted by molar-refractivity contribution is -0.139. The summed E-state index contributed by atoms with van der Waals surface area (Å²) in [6.45, 7) is 4.03. The first-order valence-electron chi connectivity index (χ1n) is 7.93. The van der Waals surface area contributed by atoms with Gasteiger partial charge in [-0.1, -0.05) is 0 Å². The van der Waals surface area contributed by atoms with E-state index in [1.54, 1.807) is 0 Å². The van der Waals surface area contributed by atoms with E-state index in [-0.39, 0.29) is 54.5 Å². The third-order valence-corrected chi connectivity index (χ3v) is 4.19. The Balaban J connectivity index is 0.00000338. The summed E-state index contributed by atoms with van der Waals surface area (Å²) < 4.78 is 51.5. The first-order valence-corrected chi connectivity index (χ1v) is 7.93. The van der Waals surface area contributed by atoms with Crippen molar-refractivity contribution < 1.29 is 17.6 Å². The average Bonchev–Trinajstić information content (AvgIpc) is 2.47. The Kier molecular flexibility index (Phi) is 9.34. The summed E-state index contributed by atoms with van der Waals surface area (Å²) in [4.78, 5) is 9.69. The standard InChI is InChI=1S/C16H21F4N5.2ClH/c1-9-4-3-5-10(2)25(9)15(22)24-14(21)23-11-6-7-13(17)12(8-11)16(18,19)20;;/h6-10H,3-5H2,1-2H3,(H4,21,22,23,24);2*1H. The Hall–Kier alpha value is -1.74. The molecule has 2 rings (SSSR count). The van der Waals surface area contributed by atoms with E-state index in [0.717, 1.165) is 25.3 Å². The Bertz CT molecular complexity index is 684. The van der Waals surface area contributed by atoms with Gasteiger partial charge in [0.15, 0.2) is 5.96 Å². The molecule has 0 aromatic heterocycles. The van der Waals surface area contributed by atoms with Gasteiger partial charge in [-0.05, 0) is 51.3 Å². The number of aliphatic imine (C=N–C) groups is 2. The molecule has 2 atom stereocenters. The molecule has 0 spiro atoms. The summed E-state index contributed by atoms with van der Waals surface area (Å²) in [5.74, 6) is -1.50. The van der Waals surface area contributed by atoms with Crippen molar-refractivity contribution in [1.82, 2.24) is 4.90 Å². The number of halogens is 6. The third kappa shape index (κ3) is 6.42. The summed E-state index contributed by atoms with van der Waals surface area (Å²) >= 11 is 0. The van der Waals surface area contributed by atoms with Crippen molar-refractivity contribution >= 4 is 42.4 Å². The second-order valence-corrected chi connectivity index (χ2v) is 6.14. The minimum absolute atomic E-state index is 0. The zero-order chi connectivity index (χ0) is 18.8. The number of likely N-dealkylation sites (tertiary alicyclic amines) is 1. The van der Waals surface area contributed by atoms with Gasteiger partial charge >= 0.3 is 6.18 Å². The molecule has 5 nitrogen and oxygen atoms in total. The Labute approximate surface area is 167 Å². The zero-order valence-corrected chi connectivity index (χ0v) is 16.5. The van der Waals surface area contributed by atoms with Crippen LogP contribution in [0.15, 0.2) is 28.2 Å². The average molecular weight is 432 g/mol. The van der Waals surface area contributed by atoms with Crippen molar-refractivity contribution in [2.24, 2.45) is 21.5 Å². The number of guanidine groups is 2. The predicted octanol–water partition coefficient (Wildman–Crippen LogP) is 4.21. The fourth-order valence-corrected chi connectivity index (χ4v) is 3.01. The van der Waals surface area contributed by atoms with Crippen LogP contribution in [0.3, 0.4) is 0 Å². The highest BCUT2D eigenvalue weighted by atomic mass is 35.5. The van der Waals surface area contributed by atoms with E-state index in [4.69, 9.17) is 11.5 Å². The van der Waals surface area contributed by atoms with Crippen molar-refractivity contribution in [1.29, 1.82) is 0 Å². The molecule has 154 valence electrons. The molecule has 0 saturated carbocycles. The molecule has 0 amide bonds. The van der Waals surface area contributed by atoms with Gasteiger partial charge in [0.2, 0.25) is 5.96 Å². The molecule has 1 aromatic rings. The highest BCUT2D eigenvalue weighted by Crippen LogP contribution is 2.33. The number of nitrogens with zero attached hydrogens (tertiary/aromatic N) is 3. The third-order valence-electron chi connectivity index (χ3n) is 4.19. The molecule has 1 saturated heterocycles. The Morgan fingerprint density at radius 1 is 1.11 bits per heavy atom. The number of alkyl halides is 3. The molecule has 27 heavy (non-hydrogen) atoms. The van der Waals surface area contributed by atoms with Gasteiger partial charge in [-0.15, -0.1) is 24.8 Å². The molecular weight excluding hydrogens is 409 g/mol. The lowest BCUT2D eigenvalue weighted by Gasteiger charge is -2.39. The maximum absolute atomic E-state index is 13.3. The van der Waals surface area contributed by atoms with E-state index in [1.807, 2.05) is 18.7 Å². The van der Waals surface area contributed by atoms with Gasteiger partial charge in [-0.2, -0.15) is 18.2 Å². The molecule has 11 heteroatoms. The van der Waals surface area contributed by atoms with Crippen LogP contribution >= 0.6 is 24.8 Å². The maximum atomic E-state index is 13.3. The summed E-state index contributed by atoms with van der Waals surface area (Å²) in [7, 11) is 0. The number of benzene rings is 1. The van der Waals surface area contributed by atoms with Crippen LogP contribution in [0.5, 0.6) is 0 Å². The number of piperidine rings is 1. The van der Waals surface area contributed by atoms with Crippen molar-refractivity contribution in [3.05, 3.63) is 29.6 Å². The Morgan fingerprint density at radius 2 is 1.67 bits per heavy atom. The molecule has 1 fully saturated rings. The molecule has 1 aliphatic rings. The van der Waals surface area contributed by atoms with Crippen LogP contribution in [-0.2, 0) is 6.18 Å². The van der Waals surface area contributed by atoms with Crippen LogP contribution in [0, 0.1) is 5.82 Å². The van der Waals surface area contributed by atoms with Crippen molar-refractivity contribution in [2.45, 2.75) is 51.4 Å². The largest absolute Gasteiger partial charge is 0.419 e. The molecule has 0 bridgehead atoms. The van der Waals surface area contributed by atoms with E-state index in [0.29, 0.717) is 12.1 Å². The molecule has 1 aliphatic heterocycles. The monoisotopic (exact) mass is 431 g/mol. The maximum Gasteiger partial charge on any atom is 0.419 e. The summed E-state index contributed by atoms with van der Waals surface area (Å²) in [5.41, 5.74) is 10.1. The lowest BCUT2D eigenvalue weighted by atomic mass is 9.98. The number of rotatable bonds is 1. The van der Waals surface area contributed by atoms with Gasteiger partial charge in [0.1, 0.15) is 5.82 Å². The minimum atomic E-state index is -4.81. The molecule has 1 heterocycles. The van der Waals surface area contributed by atoms with Gasteiger partial charge in [0, 0.05) is 12.1 Å². The topological polar surface area (TPSA) is 80.0 Å². The highest BCUT2D eigenvalue weighted by molar-refractivity contribution is 5.94. The highest BCUT2D eigenvalue weighted by Gasteiger charge is 2.34. The molecular formula is C16H23Cl2F4N5. The molecule has 0 radical (unpaired) electrons. The number of hydrogen-bond donors (Lipinski definition) is 2. The summed E-state index contributed by atoms with van der Waals surface area (Å²) in [6.07, 6.45) is -1.80. The first kappa shape index (κ1) is 25.3. The second kappa shape index (κ2) is 9.98. The van der Waals surface area contributed by atoms with Crippen molar-refractivity contribution in [2.75, 3.05) is 0 Å². The predicted molar refractivity (Wildman–Crippen MR) is 103 cm³/mol. The second-order valence-electron chi connectivity index (χ2n) is 6.14. The molecule has 4 N–H and O–H groups in total. The van der Waals surface area contributed by atoms with Crippen LogP contribution in [0.4, 0.5) is 23.2 Å². The van der Waals surface area contributed by atoms with E-state index >= 15 is 0 Å². The van der Waals surface area contributed by atoms with Crippen LogP contribution in [0.25, 0.3) is 0 Å². The van der Waals surface area contributed by atoms with Crippen molar-refractivity contribution in [3.63, 3.8) is 0 Å². The van der Waals surface area contributed by atoms with Gasteiger partial charge in [0.25, 0.3) is 0 Å². The van der Waals surface area contributed by atoms with Crippen LogP contribution in [-0.4, -0.2) is 28.9 Å². The SMILES string of the molecule is CC1CCCC(C)N1/C(N)=N/C(N)=Nc1ccc(F)c(C(F)(F)F)c1.Cl.Cl. The number of hydrogen-bond acceptors (Lipinski definition) is 1. The summed E-state index contributed by atoms with van der Waals surface area (Å²) in [6, 6.07) is 2.73. The van der Waals surface area contributed by atoms with Gasteiger partial charge in [-0.25, -0.2) is 9.38 Å². The smallest absolute Gasteiger partial charge is 0.369 e. The van der Waals surface area contributed by atoms with Crippen LogP contribution in [0.1, 0.15) is 38.7 Å². The fourth-order valence-electron chi connectivity index (χ4n) is 3.01.